The zero-order chi connectivity index (χ0) is 22.2. The predicted molar refractivity (Wildman–Crippen MR) is 138 cm³/mol. The molecule has 0 N–H and O–H groups in total. The van der Waals surface area contributed by atoms with Gasteiger partial charge in [0.1, 0.15) is 0 Å². The molecule has 0 bridgehead atoms. The van der Waals surface area contributed by atoms with Crippen LogP contribution in [-0.2, 0) is 0 Å². The largest absolute Gasteiger partial charge is 0.309 e. The van der Waals surface area contributed by atoms with Gasteiger partial charge in [0.15, 0.2) is 5.69 Å². The standard InChI is InChI=1S/C31H20N2/c1-32-26-14-16-27(17-15-26)33-30-18-12-24(22-8-4-2-5-9-22)20-28(30)29-21-25(13-19-31(29)33)23-10-6-3-7-11-23/h2-21H. The van der Waals surface area contributed by atoms with Gasteiger partial charge in [-0.1, -0.05) is 84.9 Å². The Morgan fingerprint density at radius 1 is 0.485 bits per heavy atom. The summed E-state index contributed by atoms with van der Waals surface area (Å²) in [4.78, 5) is 3.55. The highest BCUT2D eigenvalue weighted by Crippen LogP contribution is 2.37. The smallest absolute Gasteiger partial charge is 0.187 e. The van der Waals surface area contributed by atoms with Gasteiger partial charge in [0, 0.05) is 16.5 Å². The van der Waals surface area contributed by atoms with Gasteiger partial charge in [-0.25, -0.2) is 4.85 Å². The highest BCUT2D eigenvalue weighted by atomic mass is 15.0. The lowest BCUT2D eigenvalue weighted by atomic mass is 10.0. The summed E-state index contributed by atoms with van der Waals surface area (Å²) in [5.74, 6) is 0. The Bertz CT molecular complexity index is 1540. The van der Waals surface area contributed by atoms with Crippen molar-refractivity contribution in [2.24, 2.45) is 0 Å². The second-order valence-corrected chi connectivity index (χ2v) is 8.16. The molecule has 0 atom stereocenters. The molecule has 6 aromatic rings. The van der Waals surface area contributed by atoms with Crippen LogP contribution in [0.5, 0.6) is 0 Å². The number of fused-ring (bicyclic) bond motifs is 3. The molecule has 0 saturated heterocycles. The second kappa shape index (κ2) is 7.82. The molecule has 33 heavy (non-hydrogen) atoms. The lowest BCUT2D eigenvalue weighted by Gasteiger charge is -2.09. The van der Waals surface area contributed by atoms with Crippen molar-refractivity contribution in [1.29, 1.82) is 0 Å². The van der Waals surface area contributed by atoms with E-state index in [1.54, 1.807) is 0 Å². The Labute approximate surface area is 192 Å². The van der Waals surface area contributed by atoms with Gasteiger partial charge < -0.3 is 4.57 Å². The van der Waals surface area contributed by atoms with E-state index in [-0.39, 0.29) is 0 Å². The average Bonchev–Trinajstić information content (AvgIpc) is 3.23. The maximum absolute atomic E-state index is 7.28. The third-order valence-electron chi connectivity index (χ3n) is 6.22. The maximum Gasteiger partial charge on any atom is 0.187 e. The summed E-state index contributed by atoms with van der Waals surface area (Å²) >= 11 is 0. The van der Waals surface area contributed by atoms with Crippen LogP contribution < -0.4 is 0 Å². The fourth-order valence-corrected chi connectivity index (χ4v) is 4.60. The Balaban J connectivity index is 1.65. The van der Waals surface area contributed by atoms with Crippen molar-refractivity contribution in [1.82, 2.24) is 4.57 Å². The van der Waals surface area contributed by atoms with Crippen LogP contribution in [-0.4, -0.2) is 4.57 Å². The first-order valence-electron chi connectivity index (χ1n) is 11.0. The van der Waals surface area contributed by atoms with Crippen molar-refractivity contribution in [2.45, 2.75) is 0 Å². The fraction of sp³-hybridized carbons (Fsp3) is 0. The molecule has 0 saturated carbocycles. The normalized spacial score (nSPS) is 11.0. The lowest BCUT2D eigenvalue weighted by molar-refractivity contribution is 1.18. The maximum atomic E-state index is 7.28. The SMILES string of the molecule is [C-]#[N+]c1ccc(-n2c3ccc(-c4ccccc4)cc3c3cc(-c4ccccc4)ccc32)cc1. The summed E-state index contributed by atoms with van der Waals surface area (Å²) < 4.78 is 2.29. The molecule has 0 radical (unpaired) electrons. The first kappa shape index (κ1) is 19.1. The summed E-state index contributed by atoms with van der Waals surface area (Å²) in [7, 11) is 0. The third-order valence-corrected chi connectivity index (χ3v) is 6.22. The molecule has 0 amide bonds. The molecule has 1 heterocycles. The van der Waals surface area contributed by atoms with Crippen LogP contribution in [0.25, 0.3) is 54.6 Å². The summed E-state index contributed by atoms with van der Waals surface area (Å²) in [6.07, 6.45) is 0. The molecule has 2 heteroatoms. The first-order chi connectivity index (χ1) is 16.3. The first-order valence-corrected chi connectivity index (χ1v) is 11.0. The molecule has 5 aromatic carbocycles. The number of aromatic nitrogens is 1. The van der Waals surface area contributed by atoms with Crippen LogP contribution in [0.1, 0.15) is 0 Å². The van der Waals surface area contributed by atoms with Crippen LogP contribution in [0.3, 0.4) is 0 Å². The van der Waals surface area contributed by atoms with E-state index in [4.69, 9.17) is 6.57 Å². The molecule has 0 aliphatic heterocycles. The summed E-state index contributed by atoms with van der Waals surface area (Å²) in [5.41, 5.74) is 8.85. The summed E-state index contributed by atoms with van der Waals surface area (Å²) in [6, 6.07) is 42.3. The van der Waals surface area contributed by atoms with Crippen molar-refractivity contribution in [3.63, 3.8) is 0 Å². The molecule has 1 aromatic heterocycles. The van der Waals surface area contributed by atoms with Gasteiger partial charge in [-0.15, -0.1) is 0 Å². The highest BCUT2D eigenvalue weighted by Gasteiger charge is 2.14. The monoisotopic (exact) mass is 420 g/mol. The predicted octanol–water partition coefficient (Wildman–Crippen LogP) is 8.67. The van der Waals surface area contributed by atoms with Crippen LogP contribution in [0.2, 0.25) is 0 Å². The van der Waals surface area contributed by atoms with E-state index in [0.29, 0.717) is 5.69 Å². The molecule has 0 aliphatic rings. The van der Waals surface area contributed by atoms with Gasteiger partial charge in [-0.3, -0.25) is 0 Å². The number of nitrogens with zero attached hydrogens (tertiary/aromatic N) is 2. The second-order valence-electron chi connectivity index (χ2n) is 8.16. The van der Waals surface area contributed by atoms with Crippen LogP contribution >= 0.6 is 0 Å². The van der Waals surface area contributed by atoms with E-state index in [1.165, 1.54) is 33.0 Å². The van der Waals surface area contributed by atoms with Crippen molar-refractivity contribution in [3.05, 3.63) is 133 Å². The summed E-state index contributed by atoms with van der Waals surface area (Å²) in [6.45, 7) is 7.28. The van der Waals surface area contributed by atoms with Crippen molar-refractivity contribution in [2.75, 3.05) is 0 Å². The molecule has 0 spiro atoms. The summed E-state index contributed by atoms with van der Waals surface area (Å²) in [5, 5.41) is 2.44. The van der Waals surface area contributed by atoms with Gasteiger partial charge in [0.2, 0.25) is 0 Å². The minimum Gasteiger partial charge on any atom is -0.309 e. The highest BCUT2D eigenvalue weighted by molar-refractivity contribution is 6.11. The van der Waals surface area contributed by atoms with E-state index < -0.39 is 0 Å². The Morgan fingerprint density at radius 3 is 1.42 bits per heavy atom. The topological polar surface area (TPSA) is 9.29 Å². The Kier molecular flexibility index (Phi) is 4.53. The fourth-order valence-electron chi connectivity index (χ4n) is 4.60. The quantitative estimate of drug-likeness (QED) is 0.253. The van der Waals surface area contributed by atoms with Gasteiger partial charge in [0.05, 0.1) is 17.6 Å². The Hall–Kier alpha value is -4.61. The number of hydrogen-bond donors (Lipinski definition) is 0. The van der Waals surface area contributed by atoms with Gasteiger partial charge in [-0.2, -0.15) is 0 Å². The van der Waals surface area contributed by atoms with Gasteiger partial charge >= 0.3 is 0 Å². The zero-order valence-corrected chi connectivity index (χ0v) is 17.9. The molecule has 154 valence electrons. The van der Waals surface area contributed by atoms with Crippen LogP contribution in [0.4, 0.5) is 5.69 Å². The number of benzene rings is 5. The molecule has 6 rings (SSSR count). The van der Waals surface area contributed by atoms with Crippen LogP contribution in [0, 0.1) is 6.57 Å². The number of rotatable bonds is 3. The minimum atomic E-state index is 0.650. The molecule has 0 fully saturated rings. The number of hydrogen-bond acceptors (Lipinski definition) is 0. The van der Waals surface area contributed by atoms with E-state index in [1.807, 2.05) is 36.4 Å². The zero-order valence-electron chi connectivity index (χ0n) is 17.9. The molecule has 0 aliphatic carbocycles. The van der Waals surface area contributed by atoms with Gasteiger partial charge in [-0.05, 0) is 58.7 Å². The van der Waals surface area contributed by atoms with Crippen LogP contribution in [0.15, 0.2) is 121 Å². The molecular weight excluding hydrogens is 400 g/mol. The van der Waals surface area contributed by atoms with E-state index >= 15 is 0 Å². The molecule has 2 nitrogen and oxygen atoms in total. The minimum absolute atomic E-state index is 0.650. The molecule has 0 unspecified atom stereocenters. The third kappa shape index (κ3) is 3.28. The van der Waals surface area contributed by atoms with Crippen molar-refractivity contribution in [3.8, 4) is 27.9 Å². The van der Waals surface area contributed by atoms with Gasteiger partial charge in [0.25, 0.3) is 0 Å². The lowest BCUT2D eigenvalue weighted by Crippen LogP contribution is -1.93. The van der Waals surface area contributed by atoms with Crippen molar-refractivity contribution >= 4 is 27.5 Å². The van der Waals surface area contributed by atoms with E-state index in [0.717, 1.165) is 16.7 Å². The average molecular weight is 421 g/mol. The van der Waals surface area contributed by atoms with E-state index in [2.05, 4.69) is 94.3 Å². The van der Waals surface area contributed by atoms with Crippen molar-refractivity contribution < 1.29 is 0 Å². The van der Waals surface area contributed by atoms with E-state index in [9.17, 15) is 0 Å². The molecular formula is C31H20N2. The Morgan fingerprint density at radius 2 is 0.970 bits per heavy atom.